The van der Waals surface area contributed by atoms with Crippen LogP contribution in [0.3, 0.4) is 0 Å². The van der Waals surface area contributed by atoms with Crippen LogP contribution in [0.15, 0.2) is 60.7 Å². The van der Waals surface area contributed by atoms with Crippen LogP contribution in [-0.4, -0.2) is 22.8 Å². The van der Waals surface area contributed by atoms with Crippen molar-refractivity contribution >= 4 is 12.1 Å². The molecule has 2 saturated carbocycles. The summed E-state index contributed by atoms with van der Waals surface area (Å²) in [4.78, 5) is 22.6. The van der Waals surface area contributed by atoms with E-state index in [4.69, 9.17) is 9.84 Å². The van der Waals surface area contributed by atoms with Gasteiger partial charge in [0.25, 0.3) is 0 Å². The van der Waals surface area contributed by atoms with Crippen molar-refractivity contribution in [2.75, 3.05) is 0 Å². The molecule has 5 heteroatoms. The second-order valence-electron chi connectivity index (χ2n) is 8.83. The molecule has 2 aliphatic carbocycles. The third-order valence-electron chi connectivity index (χ3n) is 5.30. The molecule has 0 aliphatic heterocycles. The second kappa shape index (κ2) is 7.90. The highest BCUT2D eigenvalue weighted by molar-refractivity contribution is 5.84. The fourth-order valence-corrected chi connectivity index (χ4v) is 3.38. The first-order chi connectivity index (χ1) is 13.7. The van der Waals surface area contributed by atoms with Crippen LogP contribution in [0.2, 0.25) is 0 Å². The standard InChI is InChI=1S/C14H19NO2.C10H10O2/c1-13(2,3)17-12(16)15-14(9-10-14)11-7-5-4-6-8-11;11-9(12)10(6-7-10)8-4-2-1-3-5-8/h4-8H,9-10H2,1-3H3,(H,15,16);1-5H,6-7H2,(H,11,12). The number of carboxylic acids is 1. The number of rotatable bonds is 4. The molecule has 154 valence electrons. The van der Waals surface area contributed by atoms with Crippen molar-refractivity contribution in [3.63, 3.8) is 0 Å². The zero-order chi connectivity index (χ0) is 21.1. The number of carbonyl (C=O) groups is 2. The predicted molar refractivity (Wildman–Crippen MR) is 112 cm³/mol. The van der Waals surface area contributed by atoms with Crippen molar-refractivity contribution in [3.05, 3.63) is 71.8 Å². The van der Waals surface area contributed by atoms with Gasteiger partial charge in [-0.2, -0.15) is 0 Å². The molecule has 0 bridgehead atoms. The largest absolute Gasteiger partial charge is 0.481 e. The van der Waals surface area contributed by atoms with Gasteiger partial charge in [0.2, 0.25) is 0 Å². The summed E-state index contributed by atoms with van der Waals surface area (Å²) in [6.07, 6.45) is 3.20. The number of hydrogen-bond donors (Lipinski definition) is 2. The molecule has 0 saturated heterocycles. The number of hydrogen-bond acceptors (Lipinski definition) is 3. The van der Waals surface area contributed by atoms with Gasteiger partial charge in [-0.05, 0) is 57.6 Å². The highest BCUT2D eigenvalue weighted by Gasteiger charge is 2.51. The fraction of sp³-hybridized carbons (Fsp3) is 0.417. The van der Waals surface area contributed by atoms with E-state index in [2.05, 4.69) is 5.32 Å². The van der Waals surface area contributed by atoms with Crippen LogP contribution in [0, 0.1) is 0 Å². The number of aliphatic carboxylic acids is 1. The monoisotopic (exact) mass is 395 g/mol. The lowest BCUT2D eigenvalue weighted by molar-refractivity contribution is -0.140. The Hall–Kier alpha value is -2.82. The van der Waals surface area contributed by atoms with Gasteiger partial charge in [0.1, 0.15) is 5.60 Å². The molecule has 5 nitrogen and oxygen atoms in total. The molecule has 2 aromatic rings. The van der Waals surface area contributed by atoms with E-state index in [-0.39, 0.29) is 11.6 Å². The summed E-state index contributed by atoms with van der Waals surface area (Å²) in [7, 11) is 0. The minimum absolute atomic E-state index is 0.191. The Labute approximate surface area is 172 Å². The van der Waals surface area contributed by atoms with Crippen molar-refractivity contribution < 1.29 is 19.4 Å². The summed E-state index contributed by atoms with van der Waals surface area (Å²) in [5.41, 5.74) is 0.921. The molecule has 0 radical (unpaired) electrons. The molecule has 4 rings (SSSR count). The number of benzene rings is 2. The lowest BCUT2D eigenvalue weighted by atomic mass is 9.97. The van der Waals surface area contributed by atoms with Gasteiger partial charge in [0, 0.05) is 0 Å². The van der Waals surface area contributed by atoms with Crippen molar-refractivity contribution in [2.45, 2.75) is 63.0 Å². The number of carboxylic acid groups (broad SMARTS) is 1. The Morgan fingerprint density at radius 3 is 1.72 bits per heavy atom. The maximum absolute atomic E-state index is 11.8. The highest BCUT2D eigenvalue weighted by Crippen LogP contribution is 2.48. The van der Waals surface area contributed by atoms with Gasteiger partial charge >= 0.3 is 12.1 Å². The smallest absolute Gasteiger partial charge is 0.408 e. The summed E-state index contributed by atoms with van der Waals surface area (Å²) < 4.78 is 5.29. The van der Waals surface area contributed by atoms with Crippen molar-refractivity contribution in [3.8, 4) is 0 Å². The topological polar surface area (TPSA) is 75.6 Å². The van der Waals surface area contributed by atoms with E-state index in [1.54, 1.807) is 0 Å². The Morgan fingerprint density at radius 1 is 0.862 bits per heavy atom. The Kier molecular flexibility index (Phi) is 5.69. The number of carbonyl (C=O) groups excluding carboxylic acids is 1. The van der Waals surface area contributed by atoms with Gasteiger partial charge < -0.3 is 15.2 Å². The van der Waals surface area contributed by atoms with Gasteiger partial charge in [0.05, 0.1) is 11.0 Å². The van der Waals surface area contributed by atoms with Crippen LogP contribution in [0.4, 0.5) is 4.79 Å². The van der Waals surface area contributed by atoms with Crippen molar-refractivity contribution in [1.82, 2.24) is 5.32 Å². The third kappa shape index (κ3) is 5.17. The van der Waals surface area contributed by atoms with E-state index in [0.717, 1.165) is 36.8 Å². The molecule has 2 aliphatic rings. The normalized spacial score (nSPS) is 17.9. The molecule has 29 heavy (non-hydrogen) atoms. The first-order valence-corrected chi connectivity index (χ1v) is 10.0. The van der Waals surface area contributed by atoms with Gasteiger partial charge in [-0.1, -0.05) is 60.7 Å². The number of nitrogens with one attached hydrogen (secondary N) is 1. The third-order valence-corrected chi connectivity index (χ3v) is 5.30. The average Bonchev–Trinajstić information content (AvgIpc) is 3.58. The van der Waals surface area contributed by atoms with Gasteiger partial charge in [-0.3, -0.25) is 4.79 Å². The minimum atomic E-state index is -0.686. The Morgan fingerprint density at radius 2 is 1.34 bits per heavy atom. The second-order valence-corrected chi connectivity index (χ2v) is 8.83. The first-order valence-electron chi connectivity index (χ1n) is 10.0. The predicted octanol–water partition coefficient (Wildman–Crippen LogP) is 5.00. The van der Waals surface area contributed by atoms with Crippen LogP contribution >= 0.6 is 0 Å². The van der Waals surface area contributed by atoms with E-state index in [9.17, 15) is 9.59 Å². The number of amides is 1. The lowest BCUT2D eigenvalue weighted by Gasteiger charge is -2.23. The zero-order valence-corrected chi connectivity index (χ0v) is 17.3. The molecule has 0 spiro atoms. The Balaban J connectivity index is 0.000000176. The summed E-state index contributed by atoms with van der Waals surface area (Å²) in [6.45, 7) is 5.61. The molecule has 0 aromatic heterocycles. The van der Waals surface area contributed by atoms with E-state index in [1.807, 2.05) is 81.4 Å². The van der Waals surface area contributed by atoms with Crippen LogP contribution in [0.25, 0.3) is 0 Å². The maximum atomic E-state index is 11.8. The molecule has 2 aromatic carbocycles. The molecule has 1 amide bonds. The summed E-state index contributed by atoms with van der Waals surface area (Å²) in [6, 6.07) is 19.5. The van der Waals surface area contributed by atoms with E-state index in [0.29, 0.717) is 0 Å². The van der Waals surface area contributed by atoms with Crippen molar-refractivity contribution in [2.24, 2.45) is 0 Å². The minimum Gasteiger partial charge on any atom is -0.481 e. The van der Waals surface area contributed by atoms with Crippen LogP contribution in [0.1, 0.15) is 57.6 Å². The van der Waals surface area contributed by atoms with Gasteiger partial charge in [-0.15, -0.1) is 0 Å². The van der Waals surface area contributed by atoms with Crippen LogP contribution in [0.5, 0.6) is 0 Å². The van der Waals surface area contributed by atoms with E-state index < -0.39 is 17.0 Å². The summed E-state index contributed by atoms with van der Waals surface area (Å²) in [5, 5.41) is 11.9. The quantitative estimate of drug-likeness (QED) is 0.764. The van der Waals surface area contributed by atoms with Crippen LogP contribution < -0.4 is 5.32 Å². The average molecular weight is 395 g/mol. The molecule has 0 atom stereocenters. The van der Waals surface area contributed by atoms with Crippen molar-refractivity contribution in [1.29, 1.82) is 0 Å². The van der Waals surface area contributed by atoms with Crippen LogP contribution in [-0.2, 0) is 20.5 Å². The maximum Gasteiger partial charge on any atom is 0.408 e. The zero-order valence-electron chi connectivity index (χ0n) is 17.3. The van der Waals surface area contributed by atoms with Gasteiger partial charge in [0.15, 0.2) is 0 Å². The Bertz CT molecular complexity index is 847. The molecule has 2 fully saturated rings. The van der Waals surface area contributed by atoms with Gasteiger partial charge in [-0.25, -0.2) is 4.79 Å². The molecule has 2 N–H and O–H groups in total. The summed E-state index contributed by atoms with van der Waals surface area (Å²) >= 11 is 0. The molecular formula is C24H29NO4. The number of alkyl carbamates (subject to hydrolysis) is 1. The number of ether oxygens (including phenoxy) is 1. The molecule has 0 heterocycles. The van der Waals surface area contributed by atoms with E-state index >= 15 is 0 Å². The SMILES string of the molecule is CC(C)(C)OC(=O)NC1(c2ccccc2)CC1.O=C(O)C1(c2ccccc2)CC1. The fourth-order valence-electron chi connectivity index (χ4n) is 3.38. The molecule has 0 unspecified atom stereocenters. The van der Waals surface area contributed by atoms with E-state index in [1.165, 1.54) is 0 Å². The first kappa shape index (κ1) is 20.9. The highest BCUT2D eigenvalue weighted by atomic mass is 16.6. The lowest BCUT2D eigenvalue weighted by Crippen LogP contribution is -2.39. The summed E-state index contributed by atoms with van der Waals surface area (Å²) in [5.74, 6) is -0.686. The molecular weight excluding hydrogens is 366 g/mol.